The minimum atomic E-state index is 0.649. The van der Waals surface area contributed by atoms with Crippen LogP contribution in [0.15, 0.2) is 182 Å². The van der Waals surface area contributed by atoms with Crippen LogP contribution in [-0.2, 0) is 0 Å². The molecule has 0 saturated heterocycles. The van der Waals surface area contributed by atoms with Gasteiger partial charge in [-0.1, -0.05) is 158 Å². The van der Waals surface area contributed by atoms with Gasteiger partial charge >= 0.3 is 0 Å². The van der Waals surface area contributed by atoms with E-state index in [1.807, 2.05) is 72.0 Å². The maximum Gasteiger partial charge on any atom is 0.164 e. The summed E-state index contributed by atoms with van der Waals surface area (Å²) in [4.78, 5) is 14.7. The van der Waals surface area contributed by atoms with Gasteiger partial charge in [-0.2, -0.15) is 0 Å². The summed E-state index contributed by atoms with van der Waals surface area (Å²) in [6.45, 7) is 0. The summed E-state index contributed by atoms with van der Waals surface area (Å²) in [6.07, 6.45) is 0. The molecule has 0 aliphatic rings. The molecule has 0 bridgehead atoms. The van der Waals surface area contributed by atoms with E-state index in [0.717, 1.165) is 33.5 Å². The molecule has 0 saturated carbocycles. The monoisotopic (exact) mass is 706 g/mol. The number of para-hydroxylation sites is 1. The van der Waals surface area contributed by atoms with Gasteiger partial charge in [-0.25, -0.2) is 15.0 Å². The van der Waals surface area contributed by atoms with Crippen molar-refractivity contribution in [1.82, 2.24) is 19.5 Å². The van der Waals surface area contributed by atoms with E-state index in [0.29, 0.717) is 17.5 Å². The Morgan fingerprint density at radius 1 is 0.352 bits per heavy atom. The summed E-state index contributed by atoms with van der Waals surface area (Å²) in [5, 5.41) is 7.83. The zero-order valence-electron chi connectivity index (χ0n) is 29.0. The molecular formula is C49H30N4S. The van der Waals surface area contributed by atoms with Gasteiger partial charge in [0.25, 0.3) is 0 Å². The molecule has 0 aliphatic heterocycles. The van der Waals surface area contributed by atoms with E-state index in [9.17, 15) is 0 Å². The number of thiophene rings is 1. The molecule has 0 aliphatic carbocycles. The molecule has 11 rings (SSSR count). The fourth-order valence-electron chi connectivity index (χ4n) is 7.95. The molecule has 0 N–H and O–H groups in total. The van der Waals surface area contributed by atoms with E-state index in [1.54, 1.807) is 0 Å². The first-order valence-corrected chi connectivity index (χ1v) is 18.9. The molecule has 54 heavy (non-hydrogen) atoms. The van der Waals surface area contributed by atoms with Gasteiger partial charge in [0.2, 0.25) is 0 Å². The molecule has 0 unspecified atom stereocenters. The molecular weight excluding hydrogens is 677 g/mol. The predicted octanol–water partition coefficient (Wildman–Crippen LogP) is 13.2. The van der Waals surface area contributed by atoms with Gasteiger partial charge in [0.05, 0.1) is 15.7 Å². The fraction of sp³-hybridized carbons (Fsp3) is 0. The van der Waals surface area contributed by atoms with Crippen molar-refractivity contribution in [2.75, 3.05) is 0 Å². The highest BCUT2D eigenvalue weighted by molar-refractivity contribution is 7.27. The van der Waals surface area contributed by atoms with Crippen LogP contribution in [0, 0.1) is 0 Å². The van der Waals surface area contributed by atoms with E-state index < -0.39 is 0 Å². The molecule has 0 atom stereocenters. The first-order valence-electron chi connectivity index (χ1n) is 18.1. The van der Waals surface area contributed by atoms with Gasteiger partial charge in [0.15, 0.2) is 17.5 Å². The smallest absolute Gasteiger partial charge is 0.164 e. The van der Waals surface area contributed by atoms with E-state index in [4.69, 9.17) is 15.0 Å². The van der Waals surface area contributed by atoms with Crippen LogP contribution in [0.4, 0.5) is 0 Å². The predicted molar refractivity (Wildman–Crippen MR) is 226 cm³/mol. The fourth-order valence-corrected chi connectivity index (χ4v) is 9.21. The van der Waals surface area contributed by atoms with E-state index in [-0.39, 0.29) is 0 Å². The van der Waals surface area contributed by atoms with Gasteiger partial charge in [-0.15, -0.1) is 11.3 Å². The Hall–Kier alpha value is -6.95. The van der Waals surface area contributed by atoms with Gasteiger partial charge in [-0.05, 0) is 46.2 Å². The molecule has 0 amide bonds. The van der Waals surface area contributed by atoms with Crippen molar-refractivity contribution in [2.45, 2.75) is 0 Å². The maximum atomic E-state index is 4.92. The normalized spacial score (nSPS) is 11.7. The number of hydrogen-bond donors (Lipinski definition) is 0. The topological polar surface area (TPSA) is 43.6 Å². The summed E-state index contributed by atoms with van der Waals surface area (Å²) in [7, 11) is 0. The number of aromatic nitrogens is 4. The lowest BCUT2D eigenvalue weighted by molar-refractivity contribution is 1.07. The summed E-state index contributed by atoms with van der Waals surface area (Å²) in [5.41, 5.74) is 8.76. The van der Waals surface area contributed by atoms with Crippen LogP contribution in [0.2, 0.25) is 0 Å². The third-order valence-corrected chi connectivity index (χ3v) is 11.6. The Labute approximate surface area is 315 Å². The molecule has 3 aromatic heterocycles. The van der Waals surface area contributed by atoms with E-state index in [2.05, 4.69) is 126 Å². The van der Waals surface area contributed by atoms with Gasteiger partial charge in [0, 0.05) is 48.6 Å². The quantitative estimate of drug-likeness (QED) is 0.179. The molecule has 8 aromatic carbocycles. The summed E-state index contributed by atoms with van der Waals surface area (Å²) >= 11 is 1.89. The Balaban J connectivity index is 1.02. The molecule has 5 heteroatoms. The number of benzene rings is 8. The third-order valence-electron chi connectivity index (χ3n) is 10.5. The highest BCUT2D eigenvalue weighted by atomic mass is 32.1. The largest absolute Gasteiger partial charge is 0.308 e. The van der Waals surface area contributed by atoms with Crippen LogP contribution in [-0.4, -0.2) is 19.5 Å². The van der Waals surface area contributed by atoms with Crippen molar-refractivity contribution in [2.24, 2.45) is 0 Å². The maximum absolute atomic E-state index is 4.92. The average Bonchev–Trinajstić information content (AvgIpc) is 3.82. The molecule has 0 spiro atoms. The molecule has 0 radical (unpaired) electrons. The summed E-state index contributed by atoms with van der Waals surface area (Å²) in [6, 6.07) is 64.3. The number of rotatable bonds is 5. The third kappa shape index (κ3) is 4.86. The van der Waals surface area contributed by atoms with E-state index >= 15 is 0 Å². The first kappa shape index (κ1) is 30.7. The lowest BCUT2D eigenvalue weighted by atomic mass is 9.99. The van der Waals surface area contributed by atoms with Crippen molar-refractivity contribution in [1.29, 1.82) is 0 Å². The average molecular weight is 707 g/mol. The Morgan fingerprint density at radius 3 is 1.41 bits per heavy atom. The molecule has 0 fully saturated rings. The van der Waals surface area contributed by atoms with Crippen molar-refractivity contribution in [3.8, 4) is 51.0 Å². The van der Waals surface area contributed by atoms with E-state index in [1.165, 1.54) is 52.8 Å². The zero-order valence-corrected chi connectivity index (χ0v) is 29.8. The van der Waals surface area contributed by atoms with Crippen LogP contribution in [0.5, 0.6) is 0 Å². The molecule has 4 nitrogen and oxygen atoms in total. The minimum Gasteiger partial charge on any atom is -0.308 e. The van der Waals surface area contributed by atoms with Crippen LogP contribution < -0.4 is 0 Å². The highest BCUT2D eigenvalue weighted by Crippen LogP contribution is 2.47. The SMILES string of the molecule is c1ccc(-c2nc(-c3ccccc3)nc(-c3ccc(-c4ccc(-n5c6ccccc6c6c7ccccc7c7c8ccccc8sc7c65)cc4)cc3)n2)cc1. The van der Waals surface area contributed by atoms with Crippen LogP contribution >= 0.6 is 11.3 Å². The van der Waals surface area contributed by atoms with Crippen molar-refractivity contribution in [3.05, 3.63) is 182 Å². The Morgan fingerprint density at radius 2 is 0.796 bits per heavy atom. The van der Waals surface area contributed by atoms with Crippen molar-refractivity contribution >= 4 is 64.1 Å². The second-order valence-electron chi connectivity index (χ2n) is 13.6. The van der Waals surface area contributed by atoms with Crippen molar-refractivity contribution in [3.63, 3.8) is 0 Å². The molecule has 11 aromatic rings. The summed E-state index contributed by atoms with van der Waals surface area (Å²) < 4.78 is 5.10. The number of nitrogens with zero attached hydrogens (tertiary/aromatic N) is 4. The second kappa shape index (κ2) is 12.3. The Bertz CT molecular complexity index is 3120. The van der Waals surface area contributed by atoms with Crippen LogP contribution in [0.1, 0.15) is 0 Å². The standard InChI is InChI=1S/C49H30N4S/c1-3-13-33(14-4-1)47-50-48(34-15-5-2-6-16-34)52-49(51-47)35-25-23-31(24-26-35)32-27-29-36(30-28-32)53-41-21-11-9-19-39(41)43-37-17-7-8-18-38(37)44-40-20-10-12-22-42(40)54-46(44)45(43)53/h1-30H. The first-order chi connectivity index (χ1) is 26.8. The zero-order chi connectivity index (χ0) is 35.6. The van der Waals surface area contributed by atoms with Crippen molar-refractivity contribution < 1.29 is 0 Å². The second-order valence-corrected chi connectivity index (χ2v) is 14.6. The van der Waals surface area contributed by atoms with Gasteiger partial charge < -0.3 is 4.57 Å². The van der Waals surface area contributed by atoms with Crippen LogP contribution in [0.25, 0.3) is 104 Å². The highest BCUT2D eigenvalue weighted by Gasteiger charge is 2.21. The van der Waals surface area contributed by atoms with Gasteiger partial charge in [-0.3, -0.25) is 0 Å². The molecule has 3 heterocycles. The number of hydrogen-bond acceptors (Lipinski definition) is 4. The summed E-state index contributed by atoms with van der Waals surface area (Å²) in [5.74, 6) is 1.96. The van der Waals surface area contributed by atoms with Gasteiger partial charge in [0.1, 0.15) is 0 Å². The Kier molecular flexibility index (Phi) is 7.00. The minimum absolute atomic E-state index is 0.649. The lowest BCUT2D eigenvalue weighted by Crippen LogP contribution is -2.00. The lowest BCUT2D eigenvalue weighted by Gasteiger charge is -2.12. The molecule has 252 valence electrons. The number of fused-ring (bicyclic) bond motifs is 10. The van der Waals surface area contributed by atoms with Crippen LogP contribution in [0.3, 0.4) is 0 Å².